The van der Waals surface area contributed by atoms with E-state index >= 15 is 0 Å². The van der Waals surface area contributed by atoms with Crippen LogP contribution in [0.3, 0.4) is 0 Å². The van der Waals surface area contributed by atoms with E-state index in [0.29, 0.717) is 17.7 Å². The number of nitrogens with one attached hydrogen (secondary N) is 1. The van der Waals surface area contributed by atoms with Crippen LogP contribution in [0, 0.1) is 11.7 Å². The normalized spacial score (nSPS) is 13.7. The lowest BCUT2D eigenvalue weighted by Gasteiger charge is -2.33. The summed E-state index contributed by atoms with van der Waals surface area (Å²) in [5.41, 5.74) is 0.720. The maximum atomic E-state index is 15.0. The zero-order chi connectivity index (χ0) is 24.4. The number of alkyl carbamates (subject to hydrolysis) is 1. The molecule has 8 heteroatoms. The largest absolute Gasteiger partial charge is 0.488 e. The Hall–Kier alpha value is -3.16. The van der Waals surface area contributed by atoms with Gasteiger partial charge in [0.15, 0.2) is 11.6 Å². The molecule has 0 spiro atoms. The molecule has 1 unspecified atom stereocenters. The minimum atomic E-state index is -0.732. The average molecular weight is 457 g/mol. The molecule has 7 nitrogen and oxygen atoms in total. The first-order valence-corrected chi connectivity index (χ1v) is 11.1. The van der Waals surface area contributed by atoms with Crippen LogP contribution >= 0.6 is 0 Å². The average Bonchev–Trinajstić information content (AvgIpc) is 3.06. The standard InChI is InChI=1S/C25H33FN4O3/c1-16(2)13-25(6,29-23(31)33-24(3,4)5)14-32-20-9-8-17(12-19(20)26)21-18-10-11-30(7)22(18)28-15-27-21/h8-12,15-16H,13-14H2,1-7H3,(H,29,31). The second kappa shape index (κ2) is 9.37. The Morgan fingerprint density at radius 3 is 2.55 bits per heavy atom. The van der Waals surface area contributed by atoms with Crippen LogP contribution < -0.4 is 10.1 Å². The Morgan fingerprint density at radius 1 is 1.18 bits per heavy atom. The van der Waals surface area contributed by atoms with Gasteiger partial charge in [0, 0.05) is 24.2 Å². The number of rotatable bonds is 7. The van der Waals surface area contributed by atoms with Crippen LogP contribution in [0.15, 0.2) is 36.8 Å². The van der Waals surface area contributed by atoms with Gasteiger partial charge in [-0.1, -0.05) is 13.8 Å². The number of aromatic nitrogens is 3. The summed E-state index contributed by atoms with van der Waals surface area (Å²) < 4.78 is 28.1. The van der Waals surface area contributed by atoms with E-state index in [0.717, 1.165) is 11.0 Å². The Morgan fingerprint density at radius 2 is 1.91 bits per heavy atom. The molecular formula is C25H33FN4O3. The van der Waals surface area contributed by atoms with Gasteiger partial charge in [-0.2, -0.15) is 0 Å². The number of hydrogen-bond acceptors (Lipinski definition) is 5. The van der Waals surface area contributed by atoms with Crippen LogP contribution in [-0.2, 0) is 11.8 Å². The van der Waals surface area contributed by atoms with Gasteiger partial charge in [-0.05, 0) is 64.3 Å². The fourth-order valence-electron chi connectivity index (χ4n) is 3.91. The Balaban J connectivity index is 1.78. The van der Waals surface area contributed by atoms with Gasteiger partial charge < -0.3 is 19.4 Å². The summed E-state index contributed by atoms with van der Waals surface area (Å²) >= 11 is 0. The number of carbonyl (C=O) groups excluding carboxylic acids is 1. The van der Waals surface area contributed by atoms with Crippen LogP contribution in [0.1, 0.15) is 48.0 Å². The molecule has 3 rings (SSSR count). The lowest BCUT2D eigenvalue weighted by Crippen LogP contribution is -2.52. The van der Waals surface area contributed by atoms with Gasteiger partial charge in [0.05, 0.1) is 11.2 Å². The number of hydrogen-bond donors (Lipinski definition) is 1. The number of fused-ring (bicyclic) bond motifs is 1. The highest BCUT2D eigenvalue weighted by Crippen LogP contribution is 2.30. The molecule has 0 saturated heterocycles. The van der Waals surface area contributed by atoms with Crippen LogP contribution in [0.25, 0.3) is 22.3 Å². The third-order valence-electron chi connectivity index (χ3n) is 5.07. The minimum Gasteiger partial charge on any atom is -0.488 e. The van der Waals surface area contributed by atoms with Gasteiger partial charge in [-0.25, -0.2) is 19.2 Å². The monoisotopic (exact) mass is 456 g/mol. The Labute approximate surface area is 194 Å². The lowest BCUT2D eigenvalue weighted by molar-refractivity contribution is 0.0406. The number of halogens is 1. The number of ether oxygens (including phenoxy) is 2. The van der Waals surface area contributed by atoms with Crippen molar-refractivity contribution in [1.82, 2.24) is 19.9 Å². The summed E-state index contributed by atoms with van der Waals surface area (Å²) in [4.78, 5) is 21.0. The molecule has 1 atom stereocenters. The highest BCUT2D eigenvalue weighted by atomic mass is 19.1. The van der Waals surface area contributed by atoms with Crippen LogP contribution in [0.2, 0.25) is 0 Å². The minimum absolute atomic E-state index is 0.0944. The lowest BCUT2D eigenvalue weighted by atomic mass is 9.91. The third kappa shape index (κ3) is 6.21. The second-order valence-corrected chi connectivity index (χ2v) is 10.1. The number of aryl methyl sites for hydroxylation is 1. The molecule has 1 amide bonds. The van der Waals surface area contributed by atoms with Gasteiger partial charge in [0.1, 0.15) is 24.2 Å². The fraction of sp³-hybridized carbons (Fsp3) is 0.480. The summed E-state index contributed by atoms with van der Waals surface area (Å²) in [6.07, 6.45) is 3.48. The molecule has 3 aromatic rings. The van der Waals surface area contributed by atoms with E-state index in [1.165, 1.54) is 12.4 Å². The quantitative estimate of drug-likeness (QED) is 0.509. The van der Waals surface area contributed by atoms with E-state index in [1.54, 1.807) is 32.9 Å². The molecule has 2 heterocycles. The van der Waals surface area contributed by atoms with Crippen molar-refractivity contribution in [3.8, 4) is 17.0 Å². The molecule has 0 radical (unpaired) electrons. The maximum absolute atomic E-state index is 15.0. The van der Waals surface area contributed by atoms with E-state index in [-0.39, 0.29) is 18.3 Å². The molecule has 0 aliphatic heterocycles. The number of nitrogens with zero attached hydrogens (tertiary/aromatic N) is 3. The molecule has 0 fully saturated rings. The highest BCUT2D eigenvalue weighted by Gasteiger charge is 2.31. The van der Waals surface area contributed by atoms with Crippen molar-refractivity contribution < 1.29 is 18.7 Å². The van der Waals surface area contributed by atoms with Crippen LogP contribution in [-0.4, -0.2) is 38.4 Å². The first-order chi connectivity index (χ1) is 15.4. The van der Waals surface area contributed by atoms with E-state index < -0.39 is 23.1 Å². The van der Waals surface area contributed by atoms with Gasteiger partial charge in [-0.3, -0.25) is 0 Å². The Bertz CT molecular complexity index is 1140. The van der Waals surface area contributed by atoms with Crippen molar-refractivity contribution in [3.63, 3.8) is 0 Å². The Kier molecular flexibility index (Phi) is 6.95. The van der Waals surface area contributed by atoms with E-state index in [2.05, 4.69) is 29.1 Å². The molecule has 1 N–H and O–H groups in total. The highest BCUT2D eigenvalue weighted by molar-refractivity contribution is 5.90. The summed E-state index contributed by atoms with van der Waals surface area (Å²) in [7, 11) is 1.90. The molecule has 1 aromatic carbocycles. The smallest absolute Gasteiger partial charge is 0.408 e. The number of amides is 1. The van der Waals surface area contributed by atoms with E-state index in [9.17, 15) is 9.18 Å². The van der Waals surface area contributed by atoms with Crippen molar-refractivity contribution in [2.45, 2.75) is 59.1 Å². The molecule has 0 bridgehead atoms. The van der Waals surface area contributed by atoms with Crippen molar-refractivity contribution in [1.29, 1.82) is 0 Å². The summed E-state index contributed by atoms with van der Waals surface area (Å²) in [5.74, 6) is -0.107. The molecule has 33 heavy (non-hydrogen) atoms. The zero-order valence-corrected chi connectivity index (χ0v) is 20.4. The first kappa shape index (κ1) is 24.5. The van der Waals surface area contributed by atoms with Crippen LogP contribution in [0.4, 0.5) is 9.18 Å². The molecule has 0 aliphatic carbocycles. The summed E-state index contributed by atoms with van der Waals surface area (Å²) in [5, 5.41) is 3.75. The predicted octanol–water partition coefficient (Wildman–Crippen LogP) is 5.48. The molecule has 0 saturated carbocycles. The molecule has 0 aliphatic rings. The molecular weight excluding hydrogens is 423 g/mol. The van der Waals surface area contributed by atoms with Crippen molar-refractivity contribution in [2.24, 2.45) is 13.0 Å². The van der Waals surface area contributed by atoms with E-state index in [1.807, 2.05) is 30.8 Å². The predicted molar refractivity (Wildman–Crippen MR) is 127 cm³/mol. The fourth-order valence-corrected chi connectivity index (χ4v) is 3.91. The number of benzene rings is 1. The SMILES string of the molecule is CC(C)CC(C)(COc1ccc(-c2ncnc3c2ccn3C)cc1F)NC(=O)OC(C)(C)C. The van der Waals surface area contributed by atoms with Gasteiger partial charge in [-0.15, -0.1) is 0 Å². The third-order valence-corrected chi connectivity index (χ3v) is 5.07. The maximum Gasteiger partial charge on any atom is 0.408 e. The molecule has 178 valence electrons. The topological polar surface area (TPSA) is 78.3 Å². The van der Waals surface area contributed by atoms with E-state index in [4.69, 9.17) is 9.47 Å². The van der Waals surface area contributed by atoms with Gasteiger partial charge in [0.25, 0.3) is 0 Å². The summed E-state index contributed by atoms with van der Waals surface area (Å²) in [6.45, 7) is 11.5. The van der Waals surface area contributed by atoms with Crippen LogP contribution in [0.5, 0.6) is 5.75 Å². The zero-order valence-electron chi connectivity index (χ0n) is 20.4. The van der Waals surface area contributed by atoms with Gasteiger partial charge >= 0.3 is 6.09 Å². The summed E-state index contributed by atoms with van der Waals surface area (Å²) in [6, 6.07) is 6.68. The van der Waals surface area contributed by atoms with Crippen molar-refractivity contribution in [3.05, 3.63) is 42.6 Å². The first-order valence-electron chi connectivity index (χ1n) is 11.1. The van der Waals surface area contributed by atoms with Crippen molar-refractivity contribution in [2.75, 3.05) is 6.61 Å². The van der Waals surface area contributed by atoms with Gasteiger partial charge in [0.2, 0.25) is 0 Å². The number of carbonyl (C=O) groups is 1. The second-order valence-electron chi connectivity index (χ2n) is 10.1. The van der Waals surface area contributed by atoms with Crippen molar-refractivity contribution >= 4 is 17.1 Å². The molecule has 2 aromatic heterocycles.